The number of ketones is 1. The summed E-state index contributed by atoms with van der Waals surface area (Å²) in [6, 6.07) is 0. The highest BCUT2D eigenvalue weighted by atomic mass is 19.3. The number of hydrogen-bond donors (Lipinski definition) is 0. The smallest absolute Gasteiger partial charge is 0.466 e. The minimum atomic E-state index is -3.45. The molecule has 158 valence electrons. The molecule has 0 unspecified atom stereocenters. The maximum absolute atomic E-state index is 12.2. The van der Waals surface area contributed by atoms with Crippen molar-refractivity contribution < 1.29 is 51.0 Å². The van der Waals surface area contributed by atoms with Gasteiger partial charge in [-0.2, -0.15) is 22.4 Å². The van der Waals surface area contributed by atoms with Gasteiger partial charge in [0.05, 0.1) is 19.8 Å². The molecule has 7 nitrogen and oxygen atoms in total. The van der Waals surface area contributed by atoms with Crippen molar-refractivity contribution in [3.05, 3.63) is 6.92 Å². The highest BCUT2D eigenvalue weighted by Crippen LogP contribution is 2.15. The Balaban J connectivity index is -0.000000340. The van der Waals surface area contributed by atoms with Gasteiger partial charge in [-0.3, -0.25) is 9.59 Å². The van der Waals surface area contributed by atoms with Crippen LogP contribution in [0.2, 0.25) is 0 Å². The third kappa shape index (κ3) is 21.6. The van der Waals surface area contributed by atoms with Crippen molar-refractivity contribution in [1.29, 1.82) is 0 Å². The summed E-state index contributed by atoms with van der Waals surface area (Å²) in [5, 5.41) is 0. The Morgan fingerprint density at radius 3 is 1.37 bits per heavy atom. The van der Waals surface area contributed by atoms with E-state index in [-0.39, 0.29) is 13.2 Å². The molecule has 0 bridgehead atoms. The molecular weight excluding hydrogens is 380 g/mol. The van der Waals surface area contributed by atoms with Crippen molar-refractivity contribution in [1.82, 2.24) is 0 Å². The predicted octanol–water partition coefficient (Wildman–Crippen LogP) is 2.75. The van der Waals surface area contributed by atoms with Gasteiger partial charge in [0.2, 0.25) is 5.78 Å². The van der Waals surface area contributed by atoms with Crippen LogP contribution in [0.25, 0.3) is 0 Å². The fourth-order valence-electron chi connectivity index (χ4n) is 0.917. The molecule has 0 saturated carbocycles. The minimum absolute atomic E-state index is 0.0116. The van der Waals surface area contributed by atoms with Crippen LogP contribution in [0, 0.1) is 6.92 Å². The van der Waals surface area contributed by atoms with E-state index in [9.17, 15) is 36.7 Å². The summed E-state index contributed by atoms with van der Waals surface area (Å²) in [7, 11) is 0. The first kappa shape index (κ1) is 29.4. The van der Waals surface area contributed by atoms with Crippen LogP contribution in [-0.4, -0.2) is 55.4 Å². The molecule has 0 aromatic rings. The van der Waals surface area contributed by atoms with Gasteiger partial charge in [0, 0.05) is 13.8 Å². The number of alkyl halides is 4. The van der Waals surface area contributed by atoms with Crippen molar-refractivity contribution in [2.75, 3.05) is 19.8 Å². The molecular formula is C16H25F4O7+. The van der Waals surface area contributed by atoms with E-state index in [0.29, 0.717) is 20.5 Å². The van der Waals surface area contributed by atoms with Gasteiger partial charge in [-0.05, 0) is 20.8 Å². The lowest BCUT2D eigenvalue weighted by Crippen LogP contribution is -2.27. The van der Waals surface area contributed by atoms with Crippen molar-refractivity contribution in [3.63, 3.8) is 0 Å². The van der Waals surface area contributed by atoms with E-state index in [4.69, 9.17) is 0 Å². The predicted molar refractivity (Wildman–Crippen MR) is 86.1 cm³/mol. The lowest BCUT2D eigenvalue weighted by molar-refractivity contribution is -0.168. The Labute approximate surface area is 155 Å². The van der Waals surface area contributed by atoms with E-state index >= 15 is 0 Å². The third-order valence-corrected chi connectivity index (χ3v) is 2.04. The van der Waals surface area contributed by atoms with Crippen molar-refractivity contribution in [3.8, 4) is 0 Å². The molecule has 27 heavy (non-hydrogen) atoms. The maximum atomic E-state index is 12.2. The molecule has 0 atom stereocenters. The monoisotopic (exact) mass is 405 g/mol. The van der Waals surface area contributed by atoms with Crippen molar-refractivity contribution in [2.45, 2.75) is 52.9 Å². The van der Waals surface area contributed by atoms with Crippen LogP contribution in [0.4, 0.5) is 17.6 Å². The van der Waals surface area contributed by atoms with E-state index in [1.54, 1.807) is 6.92 Å². The summed E-state index contributed by atoms with van der Waals surface area (Å²) < 4.78 is 60.6. The van der Waals surface area contributed by atoms with Crippen LogP contribution in [0.3, 0.4) is 0 Å². The number of carbonyl (C=O) groups excluding carboxylic acids is 4. The quantitative estimate of drug-likeness (QED) is 0.211. The first-order chi connectivity index (χ1) is 12.1. The molecule has 11 heteroatoms. The van der Waals surface area contributed by atoms with Gasteiger partial charge < -0.3 is 14.2 Å². The number of halogens is 4. The maximum Gasteiger partial charge on any atom is 0.493 e. The van der Waals surface area contributed by atoms with Crippen LogP contribution in [0.5, 0.6) is 0 Å². The van der Waals surface area contributed by atoms with E-state index in [2.05, 4.69) is 21.1 Å². The van der Waals surface area contributed by atoms with Gasteiger partial charge in [-0.15, -0.1) is 0 Å². The van der Waals surface area contributed by atoms with Crippen molar-refractivity contribution in [2.24, 2.45) is 0 Å². The SMILES string of the molecule is CCOC(=O)C(C)(F)F.CCOC(=O)CC(=O)C(C)(F)F.[CH2+]C(=O)OCC. The van der Waals surface area contributed by atoms with Crippen LogP contribution in [0.15, 0.2) is 0 Å². The van der Waals surface area contributed by atoms with Crippen LogP contribution < -0.4 is 0 Å². The highest BCUT2D eigenvalue weighted by Gasteiger charge is 2.34. The van der Waals surface area contributed by atoms with Gasteiger partial charge in [-0.25, -0.2) is 4.79 Å². The van der Waals surface area contributed by atoms with Gasteiger partial charge in [0.25, 0.3) is 0 Å². The van der Waals surface area contributed by atoms with Gasteiger partial charge in [0.15, 0.2) is 6.92 Å². The zero-order chi connectivity index (χ0) is 22.3. The zero-order valence-electron chi connectivity index (χ0n) is 15.9. The molecule has 0 spiro atoms. The lowest BCUT2D eigenvalue weighted by atomic mass is 10.2. The number of carbonyl (C=O) groups is 4. The summed E-state index contributed by atoms with van der Waals surface area (Å²) >= 11 is 0. The zero-order valence-corrected chi connectivity index (χ0v) is 15.9. The average molecular weight is 405 g/mol. The minimum Gasteiger partial charge on any atom is -0.466 e. The molecule has 0 radical (unpaired) electrons. The topological polar surface area (TPSA) is 96.0 Å². The number of hydrogen-bond acceptors (Lipinski definition) is 7. The molecule has 0 N–H and O–H groups in total. The Bertz CT molecular complexity index is 468. The molecule has 0 aromatic carbocycles. The molecule has 0 rings (SSSR count). The number of esters is 3. The third-order valence-electron chi connectivity index (χ3n) is 2.04. The lowest BCUT2D eigenvalue weighted by Gasteiger charge is -2.07. The molecule has 0 aromatic heterocycles. The summed E-state index contributed by atoms with van der Waals surface area (Å²) in [5.41, 5.74) is 0. The Hall–Kier alpha value is -2.33. The van der Waals surface area contributed by atoms with Gasteiger partial charge >= 0.3 is 29.8 Å². The number of ether oxygens (including phenoxy) is 3. The summed E-state index contributed by atoms with van der Waals surface area (Å²) in [4.78, 5) is 40.8. The second kappa shape index (κ2) is 14.8. The average Bonchev–Trinajstić information content (AvgIpc) is 2.46. The number of Topliss-reactive ketones (excluding diaryl/α,β-unsaturated/α-hetero) is 1. The molecule has 0 aliphatic rings. The normalized spacial score (nSPS) is 10.3. The van der Waals surface area contributed by atoms with Crippen LogP contribution in [-0.2, 0) is 33.4 Å². The molecule has 0 amide bonds. The summed E-state index contributed by atoms with van der Waals surface area (Å²) in [5.74, 6) is -11.1. The van der Waals surface area contributed by atoms with Gasteiger partial charge in [0.1, 0.15) is 6.42 Å². The van der Waals surface area contributed by atoms with Crippen molar-refractivity contribution >= 4 is 23.7 Å². The largest absolute Gasteiger partial charge is 0.493 e. The summed E-state index contributed by atoms with van der Waals surface area (Å²) in [6.07, 6.45) is -0.864. The molecule has 0 saturated heterocycles. The van der Waals surface area contributed by atoms with Crippen LogP contribution in [0.1, 0.15) is 41.0 Å². The second-order valence-electron chi connectivity index (χ2n) is 4.71. The van der Waals surface area contributed by atoms with Gasteiger partial charge in [-0.1, -0.05) is 0 Å². The molecule has 0 aliphatic heterocycles. The molecule has 0 heterocycles. The summed E-state index contributed by atoms with van der Waals surface area (Å²) in [6.45, 7) is 9.17. The Kier molecular flexibility index (Phi) is 16.1. The first-order valence-corrected chi connectivity index (χ1v) is 7.73. The second-order valence-corrected chi connectivity index (χ2v) is 4.71. The first-order valence-electron chi connectivity index (χ1n) is 7.73. The Morgan fingerprint density at radius 2 is 1.19 bits per heavy atom. The number of rotatable bonds is 7. The van der Waals surface area contributed by atoms with Crippen LogP contribution >= 0.6 is 0 Å². The van der Waals surface area contributed by atoms with E-state index in [0.717, 1.165) is 0 Å². The standard InChI is InChI=1S/C7H10F2O3.C5H8F2O2.C4H7O2/c1-3-12-6(11)4-5(10)7(2,8)9;1-3-9-4(8)5(2,6)7;1-3-6-4(2)5/h3-4H2,1-2H3;3H2,1-2H3;2-3H2,1H3/q;;+1. The Morgan fingerprint density at radius 1 is 0.778 bits per heavy atom. The molecule has 0 fully saturated rings. The molecule has 0 aliphatic carbocycles. The fourth-order valence-corrected chi connectivity index (χ4v) is 0.917. The fraction of sp³-hybridized carbons (Fsp3) is 0.688. The van der Waals surface area contributed by atoms with E-state index in [1.807, 2.05) is 0 Å². The van der Waals surface area contributed by atoms with E-state index < -0.39 is 42.0 Å². The van der Waals surface area contributed by atoms with E-state index in [1.165, 1.54) is 13.8 Å². The highest BCUT2D eigenvalue weighted by molar-refractivity contribution is 5.99.